The molecule has 2 atom stereocenters. The lowest BCUT2D eigenvalue weighted by atomic mass is 9.85. The van der Waals surface area contributed by atoms with Crippen molar-refractivity contribution in [2.45, 2.75) is 53.0 Å². The Morgan fingerprint density at radius 2 is 1.86 bits per heavy atom. The number of rotatable bonds is 12. The smallest absolute Gasteiger partial charge is 0.407 e. The van der Waals surface area contributed by atoms with Gasteiger partial charge in [0.1, 0.15) is 12.6 Å². The Hall–Kier alpha value is -2.57. The van der Waals surface area contributed by atoms with Crippen LogP contribution in [0.25, 0.3) is 0 Å². The predicted octanol–water partition coefficient (Wildman–Crippen LogP) is 3.43. The number of amides is 2. The molecular weight excluding hydrogens is 360 g/mol. The van der Waals surface area contributed by atoms with Crippen LogP contribution in [0.1, 0.15) is 47.0 Å². The zero-order valence-electron chi connectivity index (χ0n) is 17.4. The van der Waals surface area contributed by atoms with E-state index in [2.05, 4.69) is 23.8 Å². The zero-order chi connectivity index (χ0) is 21.7. The Kier molecular flexibility index (Phi) is 11.6. The molecule has 3 N–H and O–H groups in total. The predicted molar refractivity (Wildman–Crippen MR) is 110 cm³/mol. The van der Waals surface area contributed by atoms with Gasteiger partial charge in [-0.2, -0.15) is 0 Å². The van der Waals surface area contributed by atoms with Crippen LogP contribution in [0.3, 0.4) is 0 Å². The summed E-state index contributed by atoms with van der Waals surface area (Å²) in [6.07, 6.45) is 5.46. The van der Waals surface area contributed by atoms with E-state index in [1.165, 1.54) is 0 Å². The molecule has 0 bridgehead atoms. The third-order valence-corrected chi connectivity index (χ3v) is 3.88. The normalized spacial score (nSPS) is 13.8. The fraction of sp³-hybridized carbons (Fsp3) is 0.571. The number of alkyl carbamates (subject to hydrolysis) is 1. The molecule has 0 rings (SSSR count). The van der Waals surface area contributed by atoms with Gasteiger partial charge < -0.3 is 20.5 Å². The summed E-state index contributed by atoms with van der Waals surface area (Å²) in [6, 6.07) is -0.990. The molecule has 158 valence electrons. The van der Waals surface area contributed by atoms with Crippen molar-refractivity contribution in [1.29, 1.82) is 0 Å². The average molecular weight is 395 g/mol. The number of hydrogen-bond donors (Lipinski definition) is 3. The van der Waals surface area contributed by atoms with Crippen molar-refractivity contribution in [3.8, 4) is 0 Å². The van der Waals surface area contributed by atoms with Gasteiger partial charge in [-0.15, -0.1) is 0 Å². The number of carbonyl (C=O) groups is 3. The second kappa shape index (κ2) is 12.8. The van der Waals surface area contributed by atoms with Crippen LogP contribution in [-0.2, 0) is 14.3 Å². The van der Waals surface area contributed by atoms with Crippen LogP contribution in [0.4, 0.5) is 4.79 Å². The van der Waals surface area contributed by atoms with Gasteiger partial charge in [0.25, 0.3) is 0 Å². The van der Waals surface area contributed by atoms with Crippen molar-refractivity contribution in [2.75, 3.05) is 13.2 Å². The molecule has 0 saturated heterocycles. The highest BCUT2D eigenvalue weighted by Crippen LogP contribution is 2.24. The van der Waals surface area contributed by atoms with Gasteiger partial charge in [0.15, 0.2) is 0 Å². The van der Waals surface area contributed by atoms with E-state index in [1.54, 1.807) is 25.2 Å². The lowest BCUT2D eigenvalue weighted by molar-refractivity contribution is -0.142. The number of carboxylic acids is 1. The standard InChI is InChI=1S/C21H34N2O5/c1-7-10-16(8-2)14-28-20(27)22-12-9-11-17(19(25)26)23-18(24)15(3)13-21(4,5)6/h7-8,10,15,17H,1-2,9,11-14H2,3-6H3,(H,22,27)(H,23,24)(H,25,26)/b16-10+. The summed E-state index contributed by atoms with van der Waals surface area (Å²) in [4.78, 5) is 35.3. The first-order chi connectivity index (χ1) is 13.0. The van der Waals surface area contributed by atoms with Crippen LogP contribution in [0.2, 0.25) is 0 Å². The van der Waals surface area contributed by atoms with Gasteiger partial charge in [-0.25, -0.2) is 9.59 Å². The number of carbonyl (C=O) groups excluding carboxylic acids is 2. The maximum Gasteiger partial charge on any atom is 0.407 e. The Labute approximate surface area is 167 Å². The second-order valence-corrected chi connectivity index (χ2v) is 7.89. The number of nitrogens with one attached hydrogen (secondary N) is 2. The number of aliphatic carboxylic acids is 1. The molecule has 0 heterocycles. The molecule has 7 nitrogen and oxygen atoms in total. The molecule has 0 aliphatic carbocycles. The van der Waals surface area contributed by atoms with Crippen LogP contribution in [0, 0.1) is 11.3 Å². The van der Waals surface area contributed by atoms with Gasteiger partial charge in [-0.1, -0.05) is 59.1 Å². The molecule has 0 saturated carbocycles. The van der Waals surface area contributed by atoms with Crippen LogP contribution in [0.5, 0.6) is 0 Å². The third kappa shape index (κ3) is 11.9. The number of carboxylic acid groups (broad SMARTS) is 1. The summed E-state index contributed by atoms with van der Waals surface area (Å²) in [7, 11) is 0. The van der Waals surface area contributed by atoms with E-state index in [1.807, 2.05) is 20.8 Å². The molecule has 2 unspecified atom stereocenters. The van der Waals surface area contributed by atoms with Crippen LogP contribution >= 0.6 is 0 Å². The van der Waals surface area contributed by atoms with Gasteiger partial charge in [-0.05, 0) is 30.3 Å². The van der Waals surface area contributed by atoms with Gasteiger partial charge in [0.05, 0.1) is 0 Å². The highest BCUT2D eigenvalue weighted by molar-refractivity contribution is 5.84. The lowest BCUT2D eigenvalue weighted by Crippen LogP contribution is -2.44. The molecule has 0 aromatic rings. The van der Waals surface area contributed by atoms with Gasteiger partial charge in [0.2, 0.25) is 5.91 Å². The fourth-order valence-electron chi connectivity index (χ4n) is 2.61. The zero-order valence-corrected chi connectivity index (χ0v) is 17.4. The highest BCUT2D eigenvalue weighted by Gasteiger charge is 2.25. The molecular formula is C21H34N2O5. The van der Waals surface area contributed by atoms with E-state index < -0.39 is 18.1 Å². The molecule has 0 aliphatic rings. The lowest BCUT2D eigenvalue weighted by Gasteiger charge is -2.24. The molecule has 0 fully saturated rings. The van der Waals surface area contributed by atoms with E-state index in [9.17, 15) is 19.5 Å². The minimum absolute atomic E-state index is 0.0217. The van der Waals surface area contributed by atoms with Crippen molar-refractivity contribution in [1.82, 2.24) is 10.6 Å². The van der Waals surface area contributed by atoms with E-state index in [-0.39, 0.29) is 36.8 Å². The Balaban J connectivity index is 4.33. The first-order valence-corrected chi connectivity index (χ1v) is 9.38. The van der Waals surface area contributed by atoms with Crippen molar-refractivity contribution in [3.63, 3.8) is 0 Å². The second-order valence-electron chi connectivity index (χ2n) is 7.89. The minimum atomic E-state index is -1.09. The number of hydrogen-bond acceptors (Lipinski definition) is 4. The van der Waals surface area contributed by atoms with Crippen molar-refractivity contribution < 1.29 is 24.2 Å². The average Bonchev–Trinajstić information content (AvgIpc) is 2.59. The summed E-state index contributed by atoms with van der Waals surface area (Å²) in [5.74, 6) is -1.65. The Morgan fingerprint density at radius 3 is 2.36 bits per heavy atom. The Morgan fingerprint density at radius 1 is 1.21 bits per heavy atom. The van der Waals surface area contributed by atoms with E-state index in [0.717, 1.165) is 0 Å². The quantitative estimate of drug-likeness (QED) is 0.347. The van der Waals surface area contributed by atoms with Gasteiger partial charge in [0, 0.05) is 12.5 Å². The molecule has 2 amide bonds. The van der Waals surface area contributed by atoms with Crippen LogP contribution in [0.15, 0.2) is 37.0 Å². The summed E-state index contributed by atoms with van der Waals surface area (Å²) in [5.41, 5.74) is 0.690. The number of allylic oxidation sites excluding steroid dienone is 2. The SMILES string of the molecule is C=C/C=C(\C=C)COC(=O)NCCCC(NC(=O)C(C)CC(C)(C)C)C(=O)O. The van der Waals surface area contributed by atoms with Crippen LogP contribution < -0.4 is 10.6 Å². The number of ether oxygens (including phenoxy) is 1. The first-order valence-electron chi connectivity index (χ1n) is 9.38. The summed E-state index contributed by atoms with van der Waals surface area (Å²) >= 11 is 0. The molecule has 28 heavy (non-hydrogen) atoms. The van der Waals surface area contributed by atoms with Crippen molar-refractivity contribution >= 4 is 18.0 Å². The summed E-state index contributed by atoms with van der Waals surface area (Å²) < 4.78 is 5.02. The molecule has 0 aliphatic heterocycles. The van der Waals surface area contributed by atoms with E-state index in [4.69, 9.17) is 4.74 Å². The fourth-order valence-corrected chi connectivity index (χ4v) is 2.61. The van der Waals surface area contributed by atoms with Crippen molar-refractivity contribution in [3.05, 3.63) is 37.0 Å². The minimum Gasteiger partial charge on any atom is -0.480 e. The third-order valence-electron chi connectivity index (χ3n) is 3.88. The summed E-state index contributed by atoms with van der Waals surface area (Å²) in [5, 5.41) is 14.4. The largest absolute Gasteiger partial charge is 0.480 e. The molecule has 0 aromatic carbocycles. The first kappa shape index (κ1) is 25.4. The Bertz CT molecular complexity index is 590. The van der Waals surface area contributed by atoms with E-state index >= 15 is 0 Å². The highest BCUT2D eigenvalue weighted by atomic mass is 16.5. The van der Waals surface area contributed by atoms with Gasteiger partial charge in [-0.3, -0.25) is 4.79 Å². The maximum absolute atomic E-state index is 12.2. The van der Waals surface area contributed by atoms with Crippen molar-refractivity contribution in [2.24, 2.45) is 11.3 Å². The van der Waals surface area contributed by atoms with Crippen LogP contribution in [-0.4, -0.2) is 42.3 Å². The molecule has 0 spiro atoms. The van der Waals surface area contributed by atoms with E-state index in [0.29, 0.717) is 18.4 Å². The van der Waals surface area contributed by atoms with Gasteiger partial charge >= 0.3 is 12.1 Å². The molecule has 7 heteroatoms. The topological polar surface area (TPSA) is 105 Å². The molecule has 0 radical (unpaired) electrons. The maximum atomic E-state index is 12.2. The molecule has 0 aromatic heterocycles. The monoisotopic (exact) mass is 394 g/mol. The summed E-state index contributed by atoms with van der Waals surface area (Å²) in [6.45, 7) is 15.3.